The number of rotatable bonds is 2. The molecule has 0 bridgehead atoms. The lowest BCUT2D eigenvalue weighted by Crippen LogP contribution is -2.07. The molecule has 0 atom stereocenters. The molecule has 4 heteroatoms. The van der Waals surface area contributed by atoms with E-state index in [-0.39, 0.29) is 6.79 Å². The van der Waals surface area contributed by atoms with Crippen molar-refractivity contribution >= 4 is 0 Å². The van der Waals surface area contributed by atoms with Crippen LogP contribution < -0.4 is 15.0 Å². The zero-order valence-corrected chi connectivity index (χ0v) is 7.33. The summed E-state index contributed by atoms with van der Waals surface area (Å²) in [5.74, 6) is 1.56. The molecule has 1 aliphatic heterocycles. The van der Waals surface area contributed by atoms with Gasteiger partial charge in [0.25, 0.3) is 0 Å². The lowest BCUT2D eigenvalue weighted by molar-refractivity contribution is 0.160. The largest absolute Gasteiger partial charge is 0.454 e. The van der Waals surface area contributed by atoms with Gasteiger partial charge in [-0.15, -0.1) is 0 Å². The standard InChI is InChI=1S/C9H11NO3/c1-6-7(4-10-11)2-3-8-9(6)13-5-12-8/h2-3,10-11H,4-5H2,1H3. The molecule has 1 aromatic rings. The fourth-order valence-electron chi connectivity index (χ4n) is 1.43. The molecule has 0 aliphatic carbocycles. The molecule has 0 saturated heterocycles. The van der Waals surface area contributed by atoms with Crippen molar-refractivity contribution in [2.45, 2.75) is 13.5 Å². The summed E-state index contributed by atoms with van der Waals surface area (Å²) in [5, 5.41) is 8.57. The summed E-state index contributed by atoms with van der Waals surface area (Å²) in [5.41, 5.74) is 4.14. The molecule has 1 aliphatic rings. The van der Waals surface area contributed by atoms with E-state index in [1.54, 1.807) is 0 Å². The minimum Gasteiger partial charge on any atom is -0.454 e. The number of nitrogens with one attached hydrogen (secondary N) is 1. The van der Waals surface area contributed by atoms with Crippen LogP contribution >= 0.6 is 0 Å². The SMILES string of the molecule is Cc1c(CNO)ccc2c1OCO2. The third kappa shape index (κ3) is 1.34. The predicted molar refractivity (Wildman–Crippen MR) is 45.9 cm³/mol. The van der Waals surface area contributed by atoms with Gasteiger partial charge in [0.2, 0.25) is 6.79 Å². The van der Waals surface area contributed by atoms with E-state index < -0.39 is 0 Å². The molecule has 0 amide bonds. The van der Waals surface area contributed by atoms with Gasteiger partial charge in [-0.25, -0.2) is 5.48 Å². The van der Waals surface area contributed by atoms with Crippen molar-refractivity contribution in [3.63, 3.8) is 0 Å². The molecule has 0 fully saturated rings. The van der Waals surface area contributed by atoms with Crippen LogP contribution in [-0.4, -0.2) is 12.0 Å². The molecule has 2 rings (SSSR count). The number of hydroxylamine groups is 1. The van der Waals surface area contributed by atoms with Gasteiger partial charge < -0.3 is 14.7 Å². The number of fused-ring (bicyclic) bond motifs is 1. The van der Waals surface area contributed by atoms with Crippen LogP contribution in [0, 0.1) is 6.92 Å². The highest BCUT2D eigenvalue weighted by Crippen LogP contribution is 2.36. The van der Waals surface area contributed by atoms with Crippen molar-refractivity contribution in [3.8, 4) is 11.5 Å². The van der Waals surface area contributed by atoms with Gasteiger partial charge in [-0.05, 0) is 24.1 Å². The molecule has 0 saturated carbocycles. The topological polar surface area (TPSA) is 50.7 Å². The first-order chi connectivity index (χ1) is 6.33. The molecule has 2 N–H and O–H groups in total. The van der Waals surface area contributed by atoms with E-state index >= 15 is 0 Å². The minimum absolute atomic E-state index is 0.284. The second-order valence-electron chi connectivity index (χ2n) is 2.92. The summed E-state index contributed by atoms with van der Waals surface area (Å²) in [6.07, 6.45) is 0. The first kappa shape index (κ1) is 8.34. The van der Waals surface area contributed by atoms with Crippen LogP contribution in [0.3, 0.4) is 0 Å². The minimum atomic E-state index is 0.284. The summed E-state index contributed by atoms with van der Waals surface area (Å²) in [6, 6.07) is 3.76. The van der Waals surface area contributed by atoms with Crippen LogP contribution in [0.1, 0.15) is 11.1 Å². The Hall–Kier alpha value is -1.26. The molecule has 4 nitrogen and oxygen atoms in total. The third-order valence-corrected chi connectivity index (χ3v) is 2.17. The van der Waals surface area contributed by atoms with E-state index in [0.717, 1.165) is 22.6 Å². The second kappa shape index (κ2) is 3.24. The molecular formula is C9H11NO3. The van der Waals surface area contributed by atoms with E-state index in [4.69, 9.17) is 14.7 Å². The summed E-state index contributed by atoms with van der Waals surface area (Å²) in [7, 11) is 0. The Labute approximate surface area is 76.0 Å². The highest BCUT2D eigenvalue weighted by atomic mass is 16.7. The number of ether oxygens (including phenoxy) is 2. The van der Waals surface area contributed by atoms with Crippen molar-refractivity contribution in [1.29, 1.82) is 0 Å². The number of hydrogen-bond donors (Lipinski definition) is 2. The summed E-state index contributed by atoms with van der Waals surface area (Å²) >= 11 is 0. The van der Waals surface area contributed by atoms with Crippen molar-refractivity contribution < 1.29 is 14.7 Å². The Kier molecular flexibility index (Phi) is 2.08. The molecule has 0 unspecified atom stereocenters. The van der Waals surface area contributed by atoms with Crippen LogP contribution in [-0.2, 0) is 6.54 Å². The Balaban J connectivity index is 2.40. The van der Waals surface area contributed by atoms with Crippen molar-refractivity contribution in [2.24, 2.45) is 0 Å². The number of hydrogen-bond acceptors (Lipinski definition) is 4. The van der Waals surface area contributed by atoms with Gasteiger partial charge in [0.1, 0.15) is 0 Å². The van der Waals surface area contributed by atoms with E-state index in [1.807, 2.05) is 19.1 Å². The predicted octanol–water partition coefficient (Wildman–Crippen LogP) is 1.20. The van der Waals surface area contributed by atoms with Gasteiger partial charge in [0, 0.05) is 6.54 Å². The van der Waals surface area contributed by atoms with Gasteiger partial charge in [0.05, 0.1) is 0 Å². The lowest BCUT2D eigenvalue weighted by atomic mass is 10.1. The smallest absolute Gasteiger partial charge is 0.231 e. The van der Waals surface area contributed by atoms with E-state index in [2.05, 4.69) is 5.48 Å². The molecule has 0 spiro atoms. The van der Waals surface area contributed by atoms with E-state index in [0.29, 0.717) is 6.54 Å². The molecule has 1 aromatic carbocycles. The monoisotopic (exact) mass is 181 g/mol. The highest BCUT2D eigenvalue weighted by molar-refractivity contribution is 5.51. The Morgan fingerprint density at radius 1 is 1.46 bits per heavy atom. The number of benzene rings is 1. The molecule has 0 aromatic heterocycles. The maximum atomic E-state index is 8.57. The van der Waals surface area contributed by atoms with Gasteiger partial charge in [-0.2, -0.15) is 0 Å². The van der Waals surface area contributed by atoms with Gasteiger partial charge in [-0.1, -0.05) is 6.07 Å². The fourth-order valence-corrected chi connectivity index (χ4v) is 1.43. The summed E-state index contributed by atoms with van der Waals surface area (Å²) in [6.45, 7) is 2.65. The van der Waals surface area contributed by atoms with E-state index in [9.17, 15) is 0 Å². The van der Waals surface area contributed by atoms with Crippen LogP contribution in [0.2, 0.25) is 0 Å². The van der Waals surface area contributed by atoms with E-state index in [1.165, 1.54) is 0 Å². The zero-order valence-electron chi connectivity index (χ0n) is 7.33. The van der Waals surface area contributed by atoms with Crippen molar-refractivity contribution in [1.82, 2.24) is 5.48 Å². The Morgan fingerprint density at radius 2 is 2.31 bits per heavy atom. The van der Waals surface area contributed by atoms with Gasteiger partial charge in [-0.3, -0.25) is 0 Å². The average molecular weight is 181 g/mol. The first-order valence-corrected chi connectivity index (χ1v) is 4.08. The highest BCUT2D eigenvalue weighted by Gasteiger charge is 2.17. The first-order valence-electron chi connectivity index (χ1n) is 4.08. The molecule has 13 heavy (non-hydrogen) atoms. The molecule has 70 valence electrons. The normalized spacial score (nSPS) is 13.4. The third-order valence-electron chi connectivity index (χ3n) is 2.17. The van der Waals surface area contributed by atoms with Gasteiger partial charge >= 0.3 is 0 Å². The van der Waals surface area contributed by atoms with Crippen LogP contribution in [0.25, 0.3) is 0 Å². The Bertz CT molecular complexity index is 325. The van der Waals surface area contributed by atoms with Crippen LogP contribution in [0.15, 0.2) is 12.1 Å². The average Bonchev–Trinajstić information content (AvgIpc) is 2.58. The Morgan fingerprint density at radius 3 is 3.08 bits per heavy atom. The summed E-state index contributed by atoms with van der Waals surface area (Å²) < 4.78 is 10.5. The molecular weight excluding hydrogens is 170 g/mol. The fraction of sp³-hybridized carbons (Fsp3) is 0.333. The summed E-state index contributed by atoms with van der Waals surface area (Å²) in [4.78, 5) is 0. The molecule has 1 heterocycles. The van der Waals surface area contributed by atoms with Crippen LogP contribution in [0.5, 0.6) is 11.5 Å². The lowest BCUT2D eigenvalue weighted by Gasteiger charge is -2.06. The van der Waals surface area contributed by atoms with Crippen molar-refractivity contribution in [2.75, 3.05) is 6.79 Å². The van der Waals surface area contributed by atoms with Crippen LogP contribution in [0.4, 0.5) is 0 Å². The maximum absolute atomic E-state index is 8.57. The van der Waals surface area contributed by atoms with Gasteiger partial charge in [0.15, 0.2) is 11.5 Å². The maximum Gasteiger partial charge on any atom is 0.231 e. The zero-order chi connectivity index (χ0) is 9.26. The van der Waals surface area contributed by atoms with Crippen molar-refractivity contribution in [3.05, 3.63) is 23.3 Å². The molecule has 0 radical (unpaired) electrons. The quantitative estimate of drug-likeness (QED) is 0.673. The second-order valence-corrected chi connectivity index (χ2v) is 2.92.